The van der Waals surface area contributed by atoms with Crippen LogP contribution in [-0.2, 0) is 16.6 Å². The van der Waals surface area contributed by atoms with E-state index in [4.69, 9.17) is 14.8 Å². The van der Waals surface area contributed by atoms with Gasteiger partial charge in [-0.3, -0.25) is 9.48 Å². The molecule has 0 N–H and O–H groups in total. The maximum absolute atomic E-state index is 13.5. The molecule has 32 heavy (non-hydrogen) atoms. The molecule has 1 saturated carbocycles. The summed E-state index contributed by atoms with van der Waals surface area (Å²) in [5, 5.41) is 4.83. The number of carbonyl (C=O) groups is 1. The number of ether oxygens (including phenoxy) is 1. The molecule has 0 bridgehead atoms. The van der Waals surface area contributed by atoms with Gasteiger partial charge in [0, 0.05) is 57.7 Å². The van der Waals surface area contributed by atoms with Crippen LogP contribution < -0.4 is 4.90 Å². The zero-order chi connectivity index (χ0) is 22.1. The van der Waals surface area contributed by atoms with Crippen molar-refractivity contribution in [2.75, 3.05) is 31.6 Å². The highest BCUT2D eigenvalue weighted by molar-refractivity contribution is 5.80. The van der Waals surface area contributed by atoms with E-state index in [2.05, 4.69) is 14.8 Å². The highest BCUT2D eigenvalue weighted by Gasteiger charge is 2.38. The van der Waals surface area contributed by atoms with E-state index in [1.54, 1.807) is 7.11 Å². The van der Waals surface area contributed by atoms with Crippen LogP contribution in [0, 0.1) is 5.92 Å². The Morgan fingerprint density at radius 3 is 2.59 bits per heavy atom. The van der Waals surface area contributed by atoms with Crippen LogP contribution in [0.1, 0.15) is 63.1 Å². The van der Waals surface area contributed by atoms with Crippen LogP contribution in [0.15, 0.2) is 18.5 Å². The van der Waals surface area contributed by atoms with E-state index in [1.807, 2.05) is 30.2 Å². The second-order valence-corrected chi connectivity index (χ2v) is 9.44. The summed E-state index contributed by atoms with van der Waals surface area (Å²) in [5.74, 6) is 1.19. The van der Waals surface area contributed by atoms with Crippen molar-refractivity contribution in [1.29, 1.82) is 0 Å². The lowest BCUT2D eigenvalue weighted by Crippen LogP contribution is -2.38. The molecule has 0 aromatic carbocycles. The third-order valence-corrected chi connectivity index (χ3v) is 7.37. The van der Waals surface area contributed by atoms with Gasteiger partial charge in [-0.05, 0) is 57.4 Å². The summed E-state index contributed by atoms with van der Waals surface area (Å²) < 4.78 is 7.35. The van der Waals surface area contributed by atoms with Gasteiger partial charge < -0.3 is 14.5 Å². The van der Waals surface area contributed by atoms with Gasteiger partial charge in [0.2, 0.25) is 11.9 Å². The van der Waals surface area contributed by atoms with Crippen molar-refractivity contribution >= 4 is 11.9 Å². The topological polar surface area (TPSA) is 76.4 Å². The van der Waals surface area contributed by atoms with Crippen LogP contribution >= 0.6 is 0 Å². The fraction of sp³-hybridized carbons (Fsp3) is 0.667. The average Bonchev–Trinajstić information content (AvgIpc) is 3.59. The molecule has 0 radical (unpaired) electrons. The number of anilines is 1. The lowest BCUT2D eigenvalue weighted by atomic mass is 9.86. The Hall–Kier alpha value is -2.48. The third-order valence-electron chi connectivity index (χ3n) is 7.37. The van der Waals surface area contributed by atoms with E-state index in [0.29, 0.717) is 12.0 Å². The van der Waals surface area contributed by atoms with Crippen molar-refractivity contribution in [2.24, 2.45) is 13.0 Å². The predicted molar refractivity (Wildman–Crippen MR) is 122 cm³/mol. The summed E-state index contributed by atoms with van der Waals surface area (Å²) in [6.45, 7) is 2.84. The van der Waals surface area contributed by atoms with Crippen LogP contribution in [0.5, 0.6) is 0 Å². The molecule has 1 atom stereocenters. The first-order valence-corrected chi connectivity index (χ1v) is 12.1. The van der Waals surface area contributed by atoms with Crippen molar-refractivity contribution in [2.45, 2.75) is 63.5 Å². The van der Waals surface area contributed by atoms with Crippen LogP contribution in [-0.4, -0.2) is 63.4 Å². The summed E-state index contributed by atoms with van der Waals surface area (Å²) in [6, 6.07) is 1.98. The molecule has 2 aromatic heterocycles. The number of nitrogens with zero attached hydrogens (tertiary/aromatic N) is 6. The number of hydrogen-bond acceptors (Lipinski definition) is 6. The lowest BCUT2D eigenvalue weighted by Gasteiger charge is -2.32. The molecule has 0 unspecified atom stereocenters. The number of hydrogen-bond donors (Lipinski definition) is 0. The van der Waals surface area contributed by atoms with Crippen LogP contribution in [0.4, 0.5) is 5.95 Å². The summed E-state index contributed by atoms with van der Waals surface area (Å²) in [5.41, 5.74) is 2.88. The molecule has 5 rings (SSSR count). The average molecular weight is 439 g/mol. The number of carbonyl (C=O) groups excluding carboxylic acids is 1. The first-order chi connectivity index (χ1) is 15.6. The van der Waals surface area contributed by atoms with E-state index < -0.39 is 0 Å². The minimum absolute atomic E-state index is 0.0176. The molecule has 0 spiro atoms. The van der Waals surface area contributed by atoms with Crippen molar-refractivity contribution < 1.29 is 9.53 Å². The number of rotatable bonds is 5. The van der Waals surface area contributed by atoms with Crippen LogP contribution in [0.3, 0.4) is 0 Å². The van der Waals surface area contributed by atoms with Crippen molar-refractivity contribution in [3.8, 4) is 11.3 Å². The van der Waals surface area contributed by atoms with Crippen LogP contribution in [0.25, 0.3) is 11.3 Å². The van der Waals surface area contributed by atoms with Crippen molar-refractivity contribution in [1.82, 2.24) is 24.6 Å². The molecule has 2 aromatic rings. The van der Waals surface area contributed by atoms with E-state index in [1.165, 1.54) is 12.8 Å². The van der Waals surface area contributed by atoms with Gasteiger partial charge in [0.15, 0.2) is 0 Å². The number of methoxy groups -OCH3 is 1. The molecular weight excluding hydrogens is 404 g/mol. The molecule has 3 aliphatic rings. The molecule has 8 heteroatoms. The maximum Gasteiger partial charge on any atom is 0.226 e. The van der Waals surface area contributed by atoms with E-state index in [-0.39, 0.29) is 12.0 Å². The van der Waals surface area contributed by atoms with Gasteiger partial charge in [-0.15, -0.1) is 0 Å². The van der Waals surface area contributed by atoms with Gasteiger partial charge in [0.1, 0.15) is 0 Å². The third kappa shape index (κ3) is 4.12. The Bertz CT molecular complexity index is 946. The van der Waals surface area contributed by atoms with E-state index in [9.17, 15) is 4.79 Å². The first kappa shape index (κ1) is 21.4. The molecule has 2 aliphatic heterocycles. The van der Waals surface area contributed by atoms with E-state index in [0.717, 1.165) is 81.1 Å². The fourth-order valence-electron chi connectivity index (χ4n) is 5.61. The van der Waals surface area contributed by atoms with Crippen LogP contribution in [0.2, 0.25) is 0 Å². The number of aryl methyl sites for hydroxylation is 1. The molecule has 4 heterocycles. The van der Waals surface area contributed by atoms with Crippen molar-refractivity contribution in [3.05, 3.63) is 24.2 Å². The quantitative estimate of drug-likeness (QED) is 0.713. The molecule has 1 aliphatic carbocycles. The molecule has 8 nitrogen and oxygen atoms in total. The second kappa shape index (κ2) is 9.17. The number of aromatic nitrogens is 4. The van der Waals surface area contributed by atoms with Gasteiger partial charge in [-0.1, -0.05) is 0 Å². The first-order valence-electron chi connectivity index (χ1n) is 12.1. The Balaban J connectivity index is 1.39. The monoisotopic (exact) mass is 438 g/mol. The predicted octanol–water partition coefficient (Wildman–Crippen LogP) is 3.35. The van der Waals surface area contributed by atoms with Gasteiger partial charge in [-0.25, -0.2) is 9.97 Å². The molecular formula is C24H34N6O2. The number of likely N-dealkylation sites (tertiary alicyclic amines) is 1. The maximum atomic E-state index is 13.5. The lowest BCUT2D eigenvalue weighted by molar-refractivity contribution is -0.138. The van der Waals surface area contributed by atoms with E-state index >= 15 is 0 Å². The SMILES string of the molecule is COC1CCC(C(=O)N2CCC[C@H]2c2nn(C)cc2-c2ccnc(N3CCCC3)n2)CC1. The summed E-state index contributed by atoms with van der Waals surface area (Å²) in [6.07, 6.45) is 12.3. The number of amides is 1. The largest absolute Gasteiger partial charge is 0.381 e. The Kier molecular flexibility index (Phi) is 6.13. The molecule has 1 amide bonds. The molecule has 2 saturated heterocycles. The van der Waals surface area contributed by atoms with Gasteiger partial charge in [-0.2, -0.15) is 5.10 Å². The highest BCUT2D eigenvalue weighted by atomic mass is 16.5. The Morgan fingerprint density at radius 2 is 1.84 bits per heavy atom. The minimum Gasteiger partial charge on any atom is -0.381 e. The smallest absolute Gasteiger partial charge is 0.226 e. The zero-order valence-corrected chi connectivity index (χ0v) is 19.2. The molecule has 3 fully saturated rings. The van der Waals surface area contributed by atoms with Gasteiger partial charge >= 0.3 is 0 Å². The standard InChI is InChI=1S/C24H34N6O2/c1-28-16-19(20-11-12-25-24(26-20)29-13-3-4-14-29)22(27-28)21-6-5-15-30(21)23(31)17-7-9-18(32-2)10-8-17/h11-12,16-18,21H,3-10,13-15H2,1-2H3/t17?,18?,21-/m0/s1. The fourth-order valence-corrected chi connectivity index (χ4v) is 5.61. The Morgan fingerprint density at radius 1 is 1.06 bits per heavy atom. The van der Waals surface area contributed by atoms with Gasteiger partial charge in [0.25, 0.3) is 0 Å². The van der Waals surface area contributed by atoms with Gasteiger partial charge in [0.05, 0.1) is 23.5 Å². The summed E-state index contributed by atoms with van der Waals surface area (Å²) >= 11 is 0. The molecule has 172 valence electrons. The minimum atomic E-state index is 0.0176. The van der Waals surface area contributed by atoms with Crippen molar-refractivity contribution in [3.63, 3.8) is 0 Å². The highest BCUT2D eigenvalue weighted by Crippen LogP contribution is 2.39. The summed E-state index contributed by atoms with van der Waals surface area (Å²) in [4.78, 5) is 27.2. The zero-order valence-electron chi connectivity index (χ0n) is 19.2. The Labute approximate surface area is 190 Å². The second-order valence-electron chi connectivity index (χ2n) is 9.44. The normalized spacial score (nSPS) is 26.1. The summed E-state index contributed by atoms with van der Waals surface area (Å²) in [7, 11) is 3.72.